The van der Waals surface area contributed by atoms with Crippen LogP contribution in [0.3, 0.4) is 0 Å². The third-order valence-electron chi connectivity index (χ3n) is 4.16. The zero-order valence-electron chi connectivity index (χ0n) is 14.6. The lowest BCUT2D eigenvalue weighted by Gasteiger charge is -2.20. The minimum atomic E-state index is -3.00. The van der Waals surface area contributed by atoms with E-state index in [1.165, 1.54) is 19.2 Å². The van der Waals surface area contributed by atoms with Crippen molar-refractivity contribution in [2.24, 2.45) is 0 Å². The Kier molecular flexibility index (Phi) is 5.54. The largest absolute Gasteiger partial charge is 0.493 e. The van der Waals surface area contributed by atoms with Crippen LogP contribution in [0.5, 0.6) is 11.5 Å². The van der Waals surface area contributed by atoms with Crippen molar-refractivity contribution in [2.45, 2.75) is 19.5 Å². The lowest BCUT2D eigenvalue weighted by molar-refractivity contribution is -0.115. The first-order valence-corrected chi connectivity index (χ1v) is 8.29. The van der Waals surface area contributed by atoms with Crippen LogP contribution < -0.4 is 20.1 Å². The second kappa shape index (κ2) is 8.03. The molecule has 8 heteroatoms. The molecule has 27 heavy (non-hydrogen) atoms. The number of halogens is 2. The van der Waals surface area contributed by atoms with Crippen LogP contribution in [0.15, 0.2) is 36.4 Å². The van der Waals surface area contributed by atoms with Gasteiger partial charge in [0.1, 0.15) is 0 Å². The monoisotopic (exact) mass is 376 g/mol. The summed E-state index contributed by atoms with van der Waals surface area (Å²) >= 11 is 0. The second-order valence-corrected chi connectivity index (χ2v) is 5.93. The Bertz CT molecular complexity index is 871. The molecule has 0 fully saturated rings. The standard InChI is InChI=1S/C19H18F2N2O4/c1-26-15-6-5-11(9-16(15)27-19(20)21)10-17(24)23-14-4-2-3-13-12(14)7-8-22-18(13)25/h2-6,9,19H,7-8,10H2,1H3,(H,22,25)(H,23,24). The smallest absolute Gasteiger partial charge is 0.387 e. The number of anilines is 1. The number of rotatable bonds is 6. The number of benzene rings is 2. The Balaban J connectivity index is 1.75. The molecule has 2 aromatic rings. The molecule has 1 heterocycles. The van der Waals surface area contributed by atoms with E-state index in [9.17, 15) is 18.4 Å². The average Bonchev–Trinajstić information content (AvgIpc) is 2.62. The molecule has 142 valence electrons. The molecule has 0 unspecified atom stereocenters. The van der Waals surface area contributed by atoms with E-state index >= 15 is 0 Å². The molecule has 0 saturated heterocycles. The number of nitrogens with one attached hydrogen (secondary N) is 2. The van der Waals surface area contributed by atoms with Crippen LogP contribution in [0.4, 0.5) is 14.5 Å². The number of amides is 2. The zero-order valence-corrected chi connectivity index (χ0v) is 14.6. The van der Waals surface area contributed by atoms with Crippen molar-refractivity contribution in [3.05, 3.63) is 53.1 Å². The fraction of sp³-hybridized carbons (Fsp3) is 0.263. The van der Waals surface area contributed by atoms with Crippen LogP contribution in [0.25, 0.3) is 0 Å². The molecule has 2 amide bonds. The summed E-state index contributed by atoms with van der Waals surface area (Å²) in [6.45, 7) is -2.49. The van der Waals surface area contributed by atoms with Gasteiger partial charge in [-0.2, -0.15) is 8.78 Å². The third kappa shape index (κ3) is 4.33. The first-order chi connectivity index (χ1) is 13.0. The fourth-order valence-electron chi connectivity index (χ4n) is 2.98. The van der Waals surface area contributed by atoms with Crippen molar-refractivity contribution >= 4 is 17.5 Å². The maximum atomic E-state index is 12.5. The lowest BCUT2D eigenvalue weighted by Crippen LogP contribution is -2.32. The van der Waals surface area contributed by atoms with E-state index in [0.29, 0.717) is 29.8 Å². The van der Waals surface area contributed by atoms with Gasteiger partial charge in [0.2, 0.25) is 5.91 Å². The highest BCUT2D eigenvalue weighted by atomic mass is 19.3. The van der Waals surface area contributed by atoms with Crippen LogP contribution in [-0.4, -0.2) is 32.1 Å². The normalized spacial score (nSPS) is 13.0. The molecule has 1 aliphatic heterocycles. The first-order valence-electron chi connectivity index (χ1n) is 8.29. The number of hydrogen-bond acceptors (Lipinski definition) is 4. The fourth-order valence-corrected chi connectivity index (χ4v) is 2.98. The van der Waals surface area contributed by atoms with Crippen LogP contribution in [0, 0.1) is 0 Å². The van der Waals surface area contributed by atoms with Crippen molar-refractivity contribution in [3.8, 4) is 11.5 Å². The van der Waals surface area contributed by atoms with E-state index in [-0.39, 0.29) is 29.7 Å². The minimum Gasteiger partial charge on any atom is -0.493 e. The summed E-state index contributed by atoms with van der Waals surface area (Å²) in [5.74, 6) is -0.479. The van der Waals surface area contributed by atoms with E-state index < -0.39 is 6.61 Å². The molecule has 2 aromatic carbocycles. The minimum absolute atomic E-state index is 0.0422. The lowest BCUT2D eigenvalue weighted by atomic mass is 9.98. The van der Waals surface area contributed by atoms with Gasteiger partial charge in [-0.15, -0.1) is 0 Å². The molecule has 0 bridgehead atoms. The van der Waals surface area contributed by atoms with Gasteiger partial charge in [0, 0.05) is 17.8 Å². The van der Waals surface area contributed by atoms with E-state index in [4.69, 9.17) is 4.74 Å². The zero-order chi connectivity index (χ0) is 19.4. The maximum Gasteiger partial charge on any atom is 0.387 e. The van der Waals surface area contributed by atoms with Crippen LogP contribution in [-0.2, 0) is 17.6 Å². The quantitative estimate of drug-likeness (QED) is 0.813. The molecule has 1 aliphatic rings. The second-order valence-electron chi connectivity index (χ2n) is 5.93. The van der Waals surface area contributed by atoms with Crippen LogP contribution in [0.1, 0.15) is 21.5 Å². The van der Waals surface area contributed by atoms with Gasteiger partial charge in [-0.05, 0) is 41.8 Å². The summed E-state index contributed by atoms with van der Waals surface area (Å²) in [4.78, 5) is 24.3. The molecule has 0 aliphatic carbocycles. The van der Waals surface area contributed by atoms with Gasteiger partial charge < -0.3 is 20.1 Å². The molecular formula is C19H18F2N2O4. The predicted molar refractivity (Wildman–Crippen MR) is 94.4 cm³/mol. The molecule has 3 rings (SSSR count). The Morgan fingerprint density at radius 3 is 2.81 bits per heavy atom. The van der Waals surface area contributed by atoms with Gasteiger partial charge >= 0.3 is 6.61 Å². The van der Waals surface area contributed by atoms with E-state index in [1.807, 2.05) is 0 Å². The van der Waals surface area contributed by atoms with Crippen molar-refractivity contribution in [2.75, 3.05) is 19.0 Å². The summed E-state index contributed by atoms with van der Waals surface area (Å²) < 4.78 is 34.4. The number of carbonyl (C=O) groups is 2. The van der Waals surface area contributed by atoms with Gasteiger partial charge in [0.25, 0.3) is 5.91 Å². The van der Waals surface area contributed by atoms with E-state index in [2.05, 4.69) is 15.4 Å². The van der Waals surface area contributed by atoms with Crippen LogP contribution in [0.2, 0.25) is 0 Å². The number of hydrogen-bond donors (Lipinski definition) is 2. The van der Waals surface area contributed by atoms with Gasteiger partial charge in [-0.3, -0.25) is 9.59 Å². The van der Waals surface area contributed by atoms with Gasteiger partial charge in [0.15, 0.2) is 11.5 Å². The topological polar surface area (TPSA) is 76.7 Å². The molecule has 6 nitrogen and oxygen atoms in total. The molecule has 2 N–H and O–H groups in total. The highest BCUT2D eigenvalue weighted by molar-refractivity contribution is 6.00. The third-order valence-corrected chi connectivity index (χ3v) is 4.16. The molecule has 0 radical (unpaired) electrons. The Hall–Kier alpha value is -3.16. The summed E-state index contributed by atoms with van der Waals surface area (Å²) in [7, 11) is 1.34. The van der Waals surface area contributed by atoms with Gasteiger partial charge in [0.05, 0.1) is 13.5 Å². The summed E-state index contributed by atoms with van der Waals surface area (Å²) in [5.41, 5.74) is 2.39. The predicted octanol–water partition coefficient (Wildman–Crippen LogP) is 2.76. The molecule has 0 atom stereocenters. The highest BCUT2D eigenvalue weighted by Gasteiger charge is 2.20. The Morgan fingerprint density at radius 2 is 2.07 bits per heavy atom. The Labute approximate surface area is 154 Å². The summed E-state index contributed by atoms with van der Waals surface area (Å²) in [6.07, 6.45) is 0.575. The van der Waals surface area contributed by atoms with Gasteiger partial charge in [-0.25, -0.2) is 0 Å². The number of methoxy groups -OCH3 is 1. The number of alkyl halides is 2. The van der Waals surface area contributed by atoms with Crippen molar-refractivity contribution < 1.29 is 27.8 Å². The van der Waals surface area contributed by atoms with Crippen molar-refractivity contribution in [3.63, 3.8) is 0 Å². The SMILES string of the molecule is COc1ccc(CC(=O)Nc2cccc3c2CCNC3=O)cc1OC(F)F. The first kappa shape index (κ1) is 18.6. The molecule has 0 spiro atoms. The average molecular weight is 376 g/mol. The number of carbonyl (C=O) groups excluding carboxylic acids is 2. The van der Waals surface area contributed by atoms with E-state index in [1.54, 1.807) is 24.3 Å². The van der Waals surface area contributed by atoms with Crippen LogP contribution >= 0.6 is 0 Å². The summed E-state index contributed by atoms with van der Waals surface area (Å²) in [6, 6.07) is 9.55. The number of ether oxygens (including phenoxy) is 2. The maximum absolute atomic E-state index is 12.5. The molecular weight excluding hydrogens is 358 g/mol. The Morgan fingerprint density at radius 1 is 1.26 bits per heavy atom. The molecule has 0 saturated carbocycles. The summed E-state index contributed by atoms with van der Waals surface area (Å²) in [5, 5.41) is 5.54. The van der Waals surface area contributed by atoms with Crippen molar-refractivity contribution in [1.82, 2.24) is 5.32 Å². The molecule has 0 aromatic heterocycles. The van der Waals surface area contributed by atoms with Crippen molar-refractivity contribution in [1.29, 1.82) is 0 Å². The van der Waals surface area contributed by atoms with E-state index in [0.717, 1.165) is 5.56 Å². The number of fused-ring (bicyclic) bond motifs is 1. The highest BCUT2D eigenvalue weighted by Crippen LogP contribution is 2.30. The van der Waals surface area contributed by atoms with Gasteiger partial charge in [-0.1, -0.05) is 12.1 Å².